The van der Waals surface area contributed by atoms with E-state index in [4.69, 9.17) is 14.4 Å². The van der Waals surface area contributed by atoms with Crippen molar-refractivity contribution in [2.24, 2.45) is 0 Å². The van der Waals surface area contributed by atoms with Crippen LogP contribution in [0.5, 0.6) is 5.75 Å². The maximum Gasteiger partial charge on any atom is 0.261 e. The molecule has 1 aromatic heterocycles. The Morgan fingerprint density at radius 1 is 1.41 bits per heavy atom. The highest BCUT2D eigenvalue weighted by Gasteiger charge is 2.19. The van der Waals surface area contributed by atoms with E-state index in [0.717, 1.165) is 5.56 Å². The Hall–Kier alpha value is -2.34. The van der Waals surface area contributed by atoms with Crippen molar-refractivity contribution in [2.45, 2.75) is 27.2 Å². The fourth-order valence-electron chi connectivity index (χ4n) is 2.19. The third-order valence-corrected chi connectivity index (χ3v) is 3.26. The Balaban J connectivity index is 2.15. The Labute approximate surface area is 129 Å². The number of rotatable bonds is 6. The summed E-state index contributed by atoms with van der Waals surface area (Å²) in [6.45, 7) is 5.74. The van der Waals surface area contributed by atoms with Crippen LogP contribution in [0.15, 0.2) is 22.7 Å². The molecule has 0 fully saturated rings. The molecule has 0 bridgehead atoms. The third kappa shape index (κ3) is 3.46. The van der Waals surface area contributed by atoms with E-state index >= 15 is 0 Å². The van der Waals surface area contributed by atoms with Crippen LogP contribution >= 0.6 is 0 Å². The summed E-state index contributed by atoms with van der Waals surface area (Å²) in [5.74, 6) is 1.02. The molecule has 22 heavy (non-hydrogen) atoms. The molecule has 2 N–H and O–H groups in total. The molecule has 0 aliphatic carbocycles. The van der Waals surface area contributed by atoms with E-state index in [0.29, 0.717) is 34.9 Å². The molecule has 6 heteroatoms. The SMILES string of the molecule is CCc1onc(C)c1C(=O)Nc1ccc(OCCO)c(C)c1. The van der Waals surface area contributed by atoms with E-state index in [2.05, 4.69) is 10.5 Å². The van der Waals surface area contributed by atoms with Gasteiger partial charge in [0.1, 0.15) is 23.7 Å². The third-order valence-electron chi connectivity index (χ3n) is 3.26. The van der Waals surface area contributed by atoms with Gasteiger partial charge in [-0.1, -0.05) is 12.1 Å². The van der Waals surface area contributed by atoms with Gasteiger partial charge in [0.25, 0.3) is 5.91 Å². The first kappa shape index (κ1) is 16.0. The van der Waals surface area contributed by atoms with E-state index in [1.807, 2.05) is 19.9 Å². The zero-order valence-electron chi connectivity index (χ0n) is 13.0. The average molecular weight is 304 g/mol. The normalized spacial score (nSPS) is 10.5. The topological polar surface area (TPSA) is 84.6 Å². The molecule has 1 amide bonds. The number of nitrogens with zero attached hydrogens (tertiary/aromatic N) is 1. The van der Waals surface area contributed by atoms with Crippen molar-refractivity contribution in [1.29, 1.82) is 0 Å². The van der Waals surface area contributed by atoms with Crippen LogP contribution in [0.2, 0.25) is 0 Å². The zero-order valence-corrected chi connectivity index (χ0v) is 13.0. The number of amides is 1. The van der Waals surface area contributed by atoms with Crippen LogP contribution in [0.4, 0.5) is 5.69 Å². The van der Waals surface area contributed by atoms with E-state index in [-0.39, 0.29) is 19.1 Å². The van der Waals surface area contributed by atoms with E-state index < -0.39 is 0 Å². The molecule has 0 radical (unpaired) electrons. The highest BCUT2D eigenvalue weighted by Crippen LogP contribution is 2.23. The smallest absolute Gasteiger partial charge is 0.261 e. The lowest BCUT2D eigenvalue weighted by Gasteiger charge is -2.10. The Morgan fingerprint density at radius 3 is 2.82 bits per heavy atom. The summed E-state index contributed by atoms with van der Waals surface area (Å²) in [6, 6.07) is 5.34. The maximum absolute atomic E-state index is 12.4. The highest BCUT2D eigenvalue weighted by atomic mass is 16.5. The minimum atomic E-state index is -0.237. The molecule has 0 saturated carbocycles. The second-order valence-corrected chi connectivity index (χ2v) is 4.93. The molecule has 0 aliphatic heterocycles. The molecule has 2 rings (SSSR count). The van der Waals surface area contributed by atoms with Gasteiger partial charge in [-0.3, -0.25) is 4.79 Å². The lowest BCUT2D eigenvalue weighted by atomic mass is 10.1. The second-order valence-electron chi connectivity index (χ2n) is 4.93. The van der Waals surface area contributed by atoms with E-state index in [1.54, 1.807) is 19.1 Å². The number of aliphatic hydroxyl groups excluding tert-OH is 1. The van der Waals surface area contributed by atoms with Gasteiger partial charge in [-0.15, -0.1) is 0 Å². The Kier molecular flexibility index (Phi) is 5.16. The summed E-state index contributed by atoms with van der Waals surface area (Å²) in [5, 5.41) is 15.5. The summed E-state index contributed by atoms with van der Waals surface area (Å²) in [4.78, 5) is 12.4. The lowest BCUT2D eigenvalue weighted by Crippen LogP contribution is -2.14. The molecule has 0 unspecified atom stereocenters. The fourth-order valence-corrected chi connectivity index (χ4v) is 2.19. The molecule has 0 atom stereocenters. The van der Waals surface area contributed by atoms with Gasteiger partial charge in [-0.05, 0) is 37.6 Å². The predicted molar refractivity (Wildman–Crippen MR) is 82.3 cm³/mol. The van der Waals surface area contributed by atoms with Gasteiger partial charge in [0.2, 0.25) is 0 Å². The first-order valence-electron chi connectivity index (χ1n) is 7.17. The molecule has 2 aromatic rings. The van der Waals surface area contributed by atoms with Crippen LogP contribution in [-0.2, 0) is 6.42 Å². The van der Waals surface area contributed by atoms with E-state index in [9.17, 15) is 4.79 Å². The van der Waals surface area contributed by atoms with Crippen molar-refractivity contribution >= 4 is 11.6 Å². The van der Waals surface area contributed by atoms with Crippen LogP contribution < -0.4 is 10.1 Å². The summed E-state index contributed by atoms with van der Waals surface area (Å²) in [5.41, 5.74) is 2.61. The van der Waals surface area contributed by atoms with Gasteiger partial charge in [-0.25, -0.2) is 0 Å². The molecular weight excluding hydrogens is 284 g/mol. The van der Waals surface area contributed by atoms with Gasteiger partial charge in [-0.2, -0.15) is 0 Å². The molecule has 1 heterocycles. The first-order valence-corrected chi connectivity index (χ1v) is 7.17. The number of aromatic nitrogens is 1. The monoisotopic (exact) mass is 304 g/mol. The largest absolute Gasteiger partial charge is 0.491 e. The number of carbonyl (C=O) groups is 1. The number of hydrogen-bond acceptors (Lipinski definition) is 5. The van der Waals surface area contributed by atoms with Gasteiger partial charge in [0, 0.05) is 12.1 Å². The lowest BCUT2D eigenvalue weighted by molar-refractivity contribution is 0.102. The maximum atomic E-state index is 12.4. The number of hydrogen-bond donors (Lipinski definition) is 2. The van der Waals surface area contributed by atoms with Crippen molar-refractivity contribution in [1.82, 2.24) is 5.16 Å². The van der Waals surface area contributed by atoms with Gasteiger partial charge < -0.3 is 19.7 Å². The molecule has 0 saturated heterocycles. The number of anilines is 1. The molecule has 0 spiro atoms. The summed E-state index contributed by atoms with van der Waals surface area (Å²) in [6.07, 6.45) is 0.608. The Morgan fingerprint density at radius 2 is 2.18 bits per heavy atom. The number of aryl methyl sites for hydroxylation is 3. The van der Waals surface area contributed by atoms with Crippen LogP contribution in [0, 0.1) is 13.8 Å². The summed E-state index contributed by atoms with van der Waals surface area (Å²) in [7, 11) is 0. The minimum Gasteiger partial charge on any atom is -0.491 e. The molecule has 6 nitrogen and oxygen atoms in total. The Bertz CT molecular complexity index is 664. The van der Waals surface area contributed by atoms with Crippen LogP contribution in [0.25, 0.3) is 0 Å². The van der Waals surface area contributed by atoms with Crippen molar-refractivity contribution in [3.8, 4) is 5.75 Å². The molecule has 118 valence electrons. The van der Waals surface area contributed by atoms with Crippen LogP contribution in [0.3, 0.4) is 0 Å². The van der Waals surface area contributed by atoms with Crippen molar-refractivity contribution in [3.05, 3.63) is 40.8 Å². The predicted octanol–water partition coefficient (Wildman–Crippen LogP) is 2.48. The fraction of sp³-hybridized carbons (Fsp3) is 0.375. The number of ether oxygens (including phenoxy) is 1. The molecule has 1 aromatic carbocycles. The van der Waals surface area contributed by atoms with Crippen LogP contribution in [-0.4, -0.2) is 29.4 Å². The van der Waals surface area contributed by atoms with Gasteiger partial charge in [0.15, 0.2) is 0 Å². The number of carbonyl (C=O) groups excluding carboxylic acids is 1. The number of benzene rings is 1. The van der Waals surface area contributed by atoms with Crippen LogP contribution in [0.1, 0.15) is 34.3 Å². The number of aliphatic hydroxyl groups is 1. The summed E-state index contributed by atoms with van der Waals surface area (Å²) < 4.78 is 10.5. The van der Waals surface area contributed by atoms with Crippen molar-refractivity contribution in [3.63, 3.8) is 0 Å². The quantitative estimate of drug-likeness (QED) is 0.856. The van der Waals surface area contributed by atoms with Gasteiger partial charge in [0.05, 0.1) is 12.3 Å². The van der Waals surface area contributed by atoms with Gasteiger partial charge >= 0.3 is 0 Å². The first-order chi connectivity index (χ1) is 10.6. The van der Waals surface area contributed by atoms with E-state index in [1.165, 1.54) is 0 Å². The number of nitrogens with one attached hydrogen (secondary N) is 1. The van der Waals surface area contributed by atoms with Crippen molar-refractivity contribution in [2.75, 3.05) is 18.5 Å². The highest BCUT2D eigenvalue weighted by molar-refractivity contribution is 6.05. The second kappa shape index (κ2) is 7.09. The molecule has 0 aliphatic rings. The standard InChI is InChI=1S/C16H20N2O4/c1-4-13-15(11(3)18-22-13)16(20)17-12-5-6-14(10(2)9-12)21-8-7-19/h5-6,9,19H,4,7-8H2,1-3H3,(H,17,20). The molecular formula is C16H20N2O4. The minimum absolute atomic E-state index is 0.0372. The van der Waals surface area contributed by atoms with Crippen molar-refractivity contribution < 1.29 is 19.2 Å². The average Bonchev–Trinajstić information content (AvgIpc) is 2.87. The zero-order chi connectivity index (χ0) is 16.1. The summed E-state index contributed by atoms with van der Waals surface area (Å²) >= 11 is 0.